The monoisotopic (exact) mass is 671 g/mol. The average Bonchev–Trinajstić information content (AvgIpc) is 3.05. The summed E-state index contributed by atoms with van der Waals surface area (Å²) in [5.41, 5.74) is 3.37. The van der Waals surface area contributed by atoms with Gasteiger partial charge in [0.2, 0.25) is 5.91 Å². The van der Waals surface area contributed by atoms with E-state index in [9.17, 15) is 19.1 Å². The molecular weight excluding hydrogens is 609 g/mol. The van der Waals surface area contributed by atoms with Crippen molar-refractivity contribution in [2.24, 2.45) is 0 Å². The Morgan fingerprint density at radius 3 is 1.87 bits per heavy atom. The maximum Gasteiger partial charge on any atom is 0.469 e. The lowest BCUT2D eigenvalue weighted by atomic mass is 10.1. The number of phosphoric ester groups is 1. The molecule has 7 nitrogen and oxygen atoms in total. The normalized spacial score (nSPS) is 12.4. The van der Waals surface area contributed by atoms with Crippen molar-refractivity contribution < 1.29 is 28.4 Å². The van der Waals surface area contributed by atoms with Crippen LogP contribution < -0.4 is 10.1 Å². The fourth-order valence-corrected chi connectivity index (χ4v) is 5.92. The first-order valence-electron chi connectivity index (χ1n) is 18.2. The summed E-state index contributed by atoms with van der Waals surface area (Å²) in [4.78, 5) is 31.1. The van der Waals surface area contributed by atoms with Crippen LogP contribution in [-0.2, 0) is 33.3 Å². The van der Waals surface area contributed by atoms with Crippen molar-refractivity contribution in [3.63, 3.8) is 0 Å². The van der Waals surface area contributed by atoms with E-state index in [2.05, 4.69) is 55.6 Å². The third-order valence-corrected chi connectivity index (χ3v) is 8.86. The van der Waals surface area contributed by atoms with E-state index in [4.69, 9.17) is 9.26 Å². The number of benzene rings is 2. The summed E-state index contributed by atoms with van der Waals surface area (Å²) in [6, 6.07) is 15.6. The number of carbonyl (C=O) groups excluding carboxylic acids is 1. The molecule has 47 heavy (non-hydrogen) atoms. The first-order valence-corrected chi connectivity index (χ1v) is 19.8. The quantitative estimate of drug-likeness (QED) is 0.0472. The first kappa shape index (κ1) is 40.7. The second kappa shape index (κ2) is 25.6. The largest absolute Gasteiger partial charge is 0.489 e. The number of ether oxygens (including phenoxy) is 1. The minimum absolute atomic E-state index is 0.127. The third-order valence-electron chi connectivity index (χ3n) is 8.38. The highest BCUT2D eigenvalue weighted by Gasteiger charge is 2.20. The fourth-order valence-electron chi connectivity index (χ4n) is 5.55. The number of aryl methyl sites for hydroxylation is 1. The number of hydrogen-bond acceptors (Lipinski definition) is 4. The molecule has 0 fully saturated rings. The van der Waals surface area contributed by atoms with Crippen molar-refractivity contribution in [2.45, 2.75) is 148 Å². The zero-order valence-electron chi connectivity index (χ0n) is 29.2. The van der Waals surface area contributed by atoms with Crippen LogP contribution in [0.2, 0.25) is 0 Å². The molecule has 0 spiro atoms. The van der Waals surface area contributed by atoms with Gasteiger partial charge in [0.25, 0.3) is 0 Å². The fraction of sp³-hybridized carbons (Fsp3) is 0.615. The smallest absolute Gasteiger partial charge is 0.469 e. The Morgan fingerprint density at radius 1 is 0.723 bits per heavy atom. The standard InChI is InChI=1S/C39H62NO6P/c1-3-5-7-8-9-10-11-12-13-14-15-16-17-18-20-22-39(41)40-37(33-46-47(42,43)44)31-35-27-29-38(30-28-35)45-32-36-25-23-34(24-26-36)21-19-6-4-2/h12-13,23-30,37H,3-11,14-22,31-33H2,1-2H3,(H,40,41)(H2,42,43,44)/b13-12-/t37-/m0/s1. The summed E-state index contributed by atoms with van der Waals surface area (Å²) in [6.45, 7) is 4.67. The SMILES string of the molecule is CCCCCCCC/C=C\CCCCCCCC(=O)N[C@H](COP(=O)(O)O)Cc1ccc(OCc2ccc(CCCCC)cc2)cc1. The van der Waals surface area contributed by atoms with Gasteiger partial charge in [-0.05, 0) is 80.2 Å². The molecule has 264 valence electrons. The molecule has 0 saturated carbocycles. The molecule has 2 aromatic rings. The number of amides is 1. The number of phosphoric acid groups is 1. The van der Waals surface area contributed by atoms with Crippen LogP contribution in [0.1, 0.15) is 140 Å². The molecule has 0 unspecified atom stereocenters. The van der Waals surface area contributed by atoms with Gasteiger partial charge in [0, 0.05) is 6.42 Å². The molecule has 0 aromatic heterocycles. The maximum atomic E-state index is 12.7. The molecule has 2 aromatic carbocycles. The van der Waals surface area contributed by atoms with Crippen molar-refractivity contribution in [3.05, 3.63) is 77.4 Å². The summed E-state index contributed by atoms with van der Waals surface area (Å²) < 4.78 is 22.1. The van der Waals surface area contributed by atoms with E-state index in [0.29, 0.717) is 19.4 Å². The summed E-state index contributed by atoms with van der Waals surface area (Å²) in [6.07, 6.45) is 25.8. The number of rotatable bonds is 28. The Labute approximate surface area is 285 Å². The van der Waals surface area contributed by atoms with Gasteiger partial charge in [-0.1, -0.05) is 127 Å². The lowest BCUT2D eigenvalue weighted by molar-refractivity contribution is -0.122. The van der Waals surface area contributed by atoms with Gasteiger partial charge in [-0.2, -0.15) is 0 Å². The number of allylic oxidation sites excluding steroid dienone is 2. The summed E-state index contributed by atoms with van der Waals surface area (Å²) >= 11 is 0. The van der Waals surface area contributed by atoms with E-state index in [1.165, 1.54) is 76.2 Å². The summed E-state index contributed by atoms with van der Waals surface area (Å²) in [5.74, 6) is 0.607. The Morgan fingerprint density at radius 2 is 1.26 bits per heavy atom. The summed E-state index contributed by atoms with van der Waals surface area (Å²) in [5, 5.41) is 2.92. The Kier molecular flexibility index (Phi) is 22.2. The molecule has 3 N–H and O–H groups in total. The zero-order valence-corrected chi connectivity index (χ0v) is 30.1. The number of nitrogens with one attached hydrogen (secondary N) is 1. The Hall–Kier alpha value is -2.44. The van der Waals surface area contributed by atoms with Crippen molar-refractivity contribution in [1.82, 2.24) is 5.32 Å². The second-order valence-electron chi connectivity index (χ2n) is 12.8. The van der Waals surface area contributed by atoms with Gasteiger partial charge in [-0.25, -0.2) is 4.57 Å². The topological polar surface area (TPSA) is 105 Å². The number of carbonyl (C=O) groups is 1. The molecule has 0 heterocycles. The molecule has 1 amide bonds. The van der Waals surface area contributed by atoms with Gasteiger partial charge in [0.15, 0.2) is 0 Å². The molecule has 0 aliphatic carbocycles. The van der Waals surface area contributed by atoms with Gasteiger partial charge < -0.3 is 19.8 Å². The van der Waals surface area contributed by atoms with E-state index in [1.54, 1.807) is 0 Å². The molecule has 2 rings (SSSR count). The predicted molar refractivity (Wildman–Crippen MR) is 194 cm³/mol. The second-order valence-corrected chi connectivity index (χ2v) is 14.0. The highest BCUT2D eigenvalue weighted by Crippen LogP contribution is 2.35. The zero-order chi connectivity index (χ0) is 34.0. The molecule has 0 bridgehead atoms. The highest BCUT2D eigenvalue weighted by atomic mass is 31.2. The summed E-state index contributed by atoms with van der Waals surface area (Å²) in [7, 11) is -4.65. The predicted octanol–water partition coefficient (Wildman–Crippen LogP) is 10.2. The van der Waals surface area contributed by atoms with Crippen molar-refractivity contribution in [2.75, 3.05) is 6.61 Å². The van der Waals surface area contributed by atoms with E-state index in [1.807, 2.05) is 24.3 Å². The molecule has 0 radical (unpaired) electrons. The number of hydrogen-bond donors (Lipinski definition) is 3. The van der Waals surface area contributed by atoms with Crippen LogP contribution in [0.3, 0.4) is 0 Å². The maximum absolute atomic E-state index is 12.7. The van der Waals surface area contributed by atoms with Crippen molar-refractivity contribution in [3.8, 4) is 5.75 Å². The molecule has 8 heteroatoms. The average molecular weight is 672 g/mol. The third kappa shape index (κ3) is 21.9. The van der Waals surface area contributed by atoms with Gasteiger partial charge in [-0.3, -0.25) is 9.32 Å². The van der Waals surface area contributed by atoms with Crippen LogP contribution in [-0.4, -0.2) is 28.3 Å². The van der Waals surface area contributed by atoms with E-state index in [0.717, 1.165) is 55.4 Å². The van der Waals surface area contributed by atoms with Crippen LogP contribution >= 0.6 is 7.82 Å². The minimum Gasteiger partial charge on any atom is -0.489 e. The Bertz CT molecular complexity index is 1150. The highest BCUT2D eigenvalue weighted by molar-refractivity contribution is 7.46. The van der Waals surface area contributed by atoms with E-state index >= 15 is 0 Å². The van der Waals surface area contributed by atoms with Crippen LogP contribution in [0, 0.1) is 0 Å². The molecule has 0 saturated heterocycles. The lowest BCUT2D eigenvalue weighted by Gasteiger charge is -2.19. The van der Waals surface area contributed by atoms with Gasteiger partial charge in [0.1, 0.15) is 12.4 Å². The van der Waals surface area contributed by atoms with Crippen LogP contribution in [0.5, 0.6) is 5.75 Å². The van der Waals surface area contributed by atoms with Crippen LogP contribution in [0.4, 0.5) is 0 Å². The van der Waals surface area contributed by atoms with Crippen molar-refractivity contribution in [1.29, 1.82) is 0 Å². The Balaban J connectivity index is 1.67. The van der Waals surface area contributed by atoms with Crippen LogP contribution in [0.15, 0.2) is 60.7 Å². The van der Waals surface area contributed by atoms with Crippen molar-refractivity contribution >= 4 is 13.7 Å². The number of unbranched alkanes of at least 4 members (excludes halogenated alkanes) is 13. The molecular formula is C39H62NO6P. The molecule has 1 atom stereocenters. The van der Waals surface area contributed by atoms with Gasteiger partial charge in [-0.15, -0.1) is 0 Å². The van der Waals surface area contributed by atoms with Gasteiger partial charge in [0.05, 0.1) is 12.6 Å². The van der Waals surface area contributed by atoms with E-state index < -0.39 is 13.9 Å². The van der Waals surface area contributed by atoms with E-state index in [-0.39, 0.29) is 12.5 Å². The van der Waals surface area contributed by atoms with Gasteiger partial charge >= 0.3 is 7.82 Å². The molecule has 0 aliphatic heterocycles. The van der Waals surface area contributed by atoms with Crippen LogP contribution in [0.25, 0.3) is 0 Å². The lowest BCUT2D eigenvalue weighted by Crippen LogP contribution is -2.39. The molecule has 0 aliphatic rings. The first-order chi connectivity index (χ1) is 22.8. The minimum atomic E-state index is -4.65.